The first-order valence-corrected chi connectivity index (χ1v) is 5.67. The van der Waals surface area contributed by atoms with E-state index in [9.17, 15) is 4.79 Å². The minimum absolute atomic E-state index is 0.0126. The topological polar surface area (TPSA) is 47.6 Å². The van der Waals surface area contributed by atoms with Gasteiger partial charge in [-0.05, 0) is 31.8 Å². The van der Waals surface area contributed by atoms with Crippen LogP contribution in [0.1, 0.15) is 25.7 Å². The maximum absolute atomic E-state index is 11.6. The lowest BCUT2D eigenvalue weighted by molar-refractivity contribution is -0.149. The van der Waals surface area contributed by atoms with E-state index in [0.29, 0.717) is 6.61 Å². The van der Waals surface area contributed by atoms with Crippen molar-refractivity contribution in [2.45, 2.75) is 37.8 Å². The minimum Gasteiger partial charge on any atom is -0.495 e. The Bertz CT molecular complexity index is 311. The summed E-state index contributed by atoms with van der Waals surface area (Å²) in [5.74, 6) is -0.197. The van der Waals surface area contributed by atoms with Crippen molar-refractivity contribution in [2.75, 3.05) is 6.61 Å². The summed E-state index contributed by atoms with van der Waals surface area (Å²) in [7, 11) is 0. The molecule has 0 amide bonds. The highest BCUT2D eigenvalue weighted by atomic mass is 16.6. The molecular weight excluding hydrogens is 206 g/mol. The number of esters is 1. The van der Waals surface area contributed by atoms with Crippen LogP contribution in [0.2, 0.25) is 0 Å². The molecule has 2 aliphatic heterocycles. The molecule has 16 heavy (non-hydrogen) atoms. The molecule has 0 bridgehead atoms. The smallest absolute Gasteiger partial charge is 0.328 e. The summed E-state index contributed by atoms with van der Waals surface area (Å²) in [6, 6.07) is -0.216. The van der Waals surface area contributed by atoms with E-state index in [2.05, 4.69) is 11.9 Å². The number of carbonyl (C=O) groups is 1. The summed E-state index contributed by atoms with van der Waals surface area (Å²) < 4.78 is 10.5. The van der Waals surface area contributed by atoms with Crippen molar-refractivity contribution in [3.63, 3.8) is 0 Å². The molecule has 4 nitrogen and oxygen atoms in total. The SMILES string of the molecule is C=C1CCC(C(=O)OCC2CCC=CO2)N1. The third-order valence-corrected chi connectivity index (χ3v) is 2.83. The lowest BCUT2D eigenvalue weighted by Crippen LogP contribution is -2.34. The van der Waals surface area contributed by atoms with Crippen molar-refractivity contribution in [2.24, 2.45) is 0 Å². The summed E-state index contributed by atoms with van der Waals surface area (Å²) in [6.07, 6.45) is 7.19. The molecule has 2 heterocycles. The number of allylic oxidation sites excluding steroid dienone is 2. The molecule has 0 aliphatic carbocycles. The second kappa shape index (κ2) is 5.05. The van der Waals surface area contributed by atoms with Gasteiger partial charge in [0, 0.05) is 5.70 Å². The largest absolute Gasteiger partial charge is 0.495 e. The predicted octanol–water partition coefficient (Wildman–Crippen LogP) is 1.49. The van der Waals surface area contributed by atoms with E-state index in [1.165, 1.54) is 0 Å². The molecule has 0 aromatic carbocycles. The van der Waals surface area contributed by atoms with Gasteiger partial charge in [0.1, 0.15) is 18.8 Å². The van der Waals surface area contributed by atoms with Crippen LogP contribution in [0.5, 0.6) is 0 Å². The zero-order chi connectivity index (χ0) is 11.4. The monoisotopic (exact) mass is 223 g/mol. The molecule has 0 aromatic rings. The normalized spacial score (nSPS) is 28.4. The second-order valence-electron chi connectivity index (χ2n) is 4.18. The van der Waals surface area contributed by atoms with Gasteiger partial charge in [0.25, 0.3) is 0 Å². The van der Waals surface area contributed by atoms with Crippen LogP contribution < -0.4 is 5.32 Å². The van der Waals surface area contributed by atoms with Gasteiger partial charge in [-0.2, -0.15) is 0 Å². The molecule has 4 heteroatoms. The van der Waals surface area contributed by atoms with Crippen LogP contribution in [0, 0.1) is 0 Å². The molecule has 0 aromatic heterocycles. The molecular formula is C12H17NO3. The summed E-state index contributed by atoms with van der Waals surface area (Å²) >= 11 is 0. The van der Waals surface area contributed by atoms with Crippen molar-refractivity contribution >= 4 is 5.97 Å². The Morgan fingerprint density at radius 3 is 3.12 bits per heavy atom. The van der Waals surface area contributed by atoms with E-state index >= 15 is 0 Å². The first-order chi connectivity index (χ1) is 7.75. The minimum atomic E-state index is -0.216. The van der Waals surface area contributed by atoms with E-state index in [0.717, 1.165) is 31.4 Å². The Morgan fingerprint density at radius 2 is 2.50 bits per heavy atom. The highest BCUT2D eigenvalue weighted by Gasteiger charge is 2.26. The fourth-order valence-corrected chi connectivity index (χ4v) is 1.87. The Labute approximate surface area is 95.3 Å². The number of nitrogens with one attached hydrogen (secondary N) is 1. The van der Waals surface area contributed by atoms with Gasteiger partial charge in [-0.25, -0.2) is 4.79 Å². The molecule has 2 aliphatic rings. The molecule has 1 N–H and O–H groups in total. The van der Waals surface area contributed by atoms with Crippen molar-refractivity contribution in [1.82, 2.24) is 5.32 Å². The van der Waals surface area contributed by atoms with Crippen LogP contribution in [-0.4, -0.2) is 24.7 Å². The fraction of sp³-hybridized carbons (Fsp3) is 0.583. The summed E-state index contributed by atoms with van der Waals surface area (Å²) in [6.45, 7) is 4.13. The molecule has 2 atom stereocenters. The van der Waals surface area contributed by atoms with Gasteiger partial charge in [-0.1, -0.05) is 6.58 Å². The van der Waals surface area contributed by atoms with E-state index < -0.39 is 0 Å². The average Bonchev–Trinajstić information content (AvgIpc) is 2.74. The predicted molar refractivity (Wildman–Crippen MR) is 59.5 cm³/mol. The van der Waals surface area contributed by atoms with Crippen molar-refractivity contribution in [3.8, 4) is 0 Å². The maximum atomic E-state index is 11.6. The lowest BCUT2D eigenvalue weighted by Gasteiger charge is -2.20. The Balaban J connectivity index is 1.71. The van der Waals surface area contributed by atoms with E-state index in [1.54, 1.807) is 6.26 Å². The van der Waals surface area contributed by atoms with Gasteiger partial charge >= 0.3 is 5.97 Å². The van der Waals surface area contributed by atoms with Crippen LogP contribution in [-0.2, 0) is 14.3 Å². The fourth-order valence-electron chi connectivity index (χ4n) is 1.87. The first kappa shape index (κ1) is 11.0. The van der Waals surface area contributed by atoms with Crippen molar-refractivity contribution in [3.05, 3.63) is 24.6 Å². The maximum Gasteiger partial charge on any atom is 0.328 e. The molecule has 0 spiro atoms. The van der Waals surface area contributed by atoms with Crippen molar-refractivity contribution < 1.29 is 14.3 Å². The number of carbonyl (C=O) groups excluding carboxylic acids is 1. The standard InChI is InChI=1S/C12H17NO3/c1-9-5-6-11(13-9)12(14)16-8-10-4-2-3-7-15-10/h3,7,10-11,13H,1-2,4-6,8H2. The number of hydrogen-bond acceptors (Lipinski definition) is 4. The Morgan fingerprint density at radius 1 is 1.62 bits per heavy atom. The highest BCUT2D eigenvalue weighted by Crippen LogP contribution is 2.16. The molecule has 1 saturated heterocycles. The highest BCUT2D eigenvalue weighted by molar-refractivity contribution is 5.76. The number of hydrogen-bond donors (Lipinski definition) is 1. The van der Waals surface area contributed by atoms with Crippen LogP contribution in [0.4, 0.5) is 0 Å². The third kappa shape index (κ3) is 2.78. The Kier molecular flexibility index (Phi) is 3.49. The van der Waals surface area contributed by atoms with Gasteiger partial charge in [-0.15, -0.1) is 0 Å². The van der Waals surface area contributed by atoms with Crippen LogP contribution in [0.3, 0.4) is 0 Å². The first-order valence-electron chi connectivity index (χ1n) is 5.67. The molecule has 0 radical (unpaired) electrons. The van der Waals surface area contributed by atoms with Crippen molar-refractivity contribution in [1.29, 1.82) is 0 Å². The zero-order valence-corrected chi connectivity index (χ0v) is 9.28. The van der Waals surface area contributed by atoms with Crippen LogP contribution in [0.15, 0.2) is 24.6 Å². The zero-order valence-electron chi connectivity index (χ0n) is 9.28. The average molecular weight is 223 g/mol. The van der Waals surface area contributed by atoms with Gasteiger partial charge in [0.05, 0.1) is 6.26 Å². The second-order valence-corrected chi connectivity index (χ2v) is 4.18. The third-order valence-electron chi connectivity index (χ3n) is 2.83. The number of rotatable bonds is 3. The lowest BCUT2D eigenvalue weighted by atomic mass is 10.2. The van der Waals surface area contributed by atoms with Crippen LogP contribution in [0.25, 0.3) is 0 Å². The van der Waals surface area contributed by atoms with Gasteiger partial charge in [0.2, 0.25) is 0 Å². The molecule has 88 valence electrons. The molecule has 0 saturated carbocycles. The molecule has 2 rings (SSSR count). The molecule has 2 unspecified atom stereocenters. The molecule has 1 fully saturated rings. The van der Waals surface area contributed by atoms with Gasteiger partial charge in [-0.3, -0.25) is 0 Å². The number of ether oxygens (including phenoxy) is 2. The van der Waals surface area contributed by atoms with Gasteiger partial charge in [0.15, 0.2) is 0 Å². The van der Waals surface area contributed by atoms with E-state index in [-0.39, 0.29) is 18.1 Å². The van der Waals surface area contributed by atoms with E-state index in [1.807, 2.05) is 6.08 Å². The quantitative estimate of drug-likeness (QED) is 0.736. The summed E-state index contributed by atoms with van der Waals surface area (Å²) in [5, 5.41) is 3.02. The Hall–Kier alpha value is -1.45. The summed E-state index contributed by atoms with van der Waals surface area (Å²) in [5.41, 5.74) is 0.916. The summed E-state index contributed by atoms with van der Waals surface area (Å²) in [4.78, 5) is 11.6. The van der Waals surface area contributed by atoms with Crippen LogP contribution >= 0.6 is 0 Å². The van der Waals surface area contributed by atoms with E-state index in [4.69, 9.17) is 9.47 Å². The van der Waals surface area contributed by atoms with Gasteiger partial charge < -0.3 is 14.8 Å².